The first-order valence-corrected chi connectivity index (χ1v) is 9.33. The number of hydrogen-bond acceptors (Lipinski definition) is 6. The van der Waals surface area contributed by atoms with Crippen LogP contribution in [0.3, 0.4) is 0 Å². The fourth-order valence-corrected chi connectivity index (χ4v) is 3.55. The Bertz CT molecular complexity index is 721. The molecule has 0 spiro atoms. The summed E-state index contributed by atoms with van der Waals surface area (Å²) in [6.45, 7) is 5.14. The van der Waals surface area contributed by atoms with E-state index in [-0.39, 0.29) is 5.91 Å². The first-order valence-electron chi connectivity index (χ1n) is 9.33. The third kappa shape index (κ3) is 3.61. The number of piperazine rings is 1. The summed E-state index contributed by atoms with van der Waals surface area (Å²) in [6, 6.07) is 5.98. The van der Waals surface area contributed by atoms with Crippen molar-refractivity contribution in [2.45, 2.75) is 19.3 Å². The van der Waals surface area contributed by atoms with Crippen LogP contribution >= 0.6 is 0 Å². The summed E-state index contributed by atoms with van der Waals surface area (Å²) < 4.78 is 0. The van der Waals surface area contributed by atoms with Gasteiger partial charge < -0.3 is 14.7 Å². The van der Waals surface area contributed by atoms with Gasteiger partial charge in [0.2, 0.25) is 5.95 Å². The SMILES string of the molecule is O=C(c1cnc(N2CCN(c3ccccn3)CC2)nc1)N1CCCCC1. The predicted octanol–water partition coefficient (Wildman–Crippen LogP) is 1.82. The second-order valence-electron chi connectivity index (χ2n) is 6.79. The maximum Gasteiger partial charge on any atom is 0.256 e. The molecule has 0 bridgehead atoms. The molecule has 1 amide bonds. The number of amides is 1. The van der Waals surface area contributed by atoms with Crippen LogP contribution in [0.25, 0.3) is 0 Å². The van der Waals surface area contributed by atoms with Crippen molar-refractivity contribution in [2.24, 2.45) is 0 Å². The normalized spacial score (nSPS) is 18.1. The Kier molecular flexibility index (Phi) is 4.95. The number of rotatable bonds is 3. The number of carbonyl (C=O) groups excluding carboxylic acids is 1. The summed E-state index contributed by atoms with van der Waals surface area (Å²) in [5.41, 5.74) is 0.586. The van der Waals surface area contributed by atoms with Crippen molar-refractivity contribution in [3.05, 3.63) is 42.4 Å². The minimum absolute atomic E-state index is 0.0521. The summed E-state index contributed by atoms with van der Waals surface area (Å²) in [4.78, 5) is 32.2. The average molecular weight is 352 g/mol. The molecule has 2 saturated heterocycles. The van der Waals surface area contributed by atoms with E-state index in [9.17, 15) is 4.79 Å². The number of aromatic nitrogens is 3. The fourth-order valence-electron chi connectivity index (χ4n) is 3.55. The van der Waals surface area contributed by atoms with Crippen molar-refractivity contribution >= 4 is 17.7 Å². The lowest BCUT2D eigenvalue weighted by Gasteiger charge is -2.35. The van der Waals surface area contributed by atoms with Gasteiger partial charge in [-0.25, -0.2) is 15.0 Å². The van der Waals surface area contributed by atoms with Gasteiger partial charge in [-0.1, -0.05) is 6.07 Å². The number of likely N-dealkylation sites (tertiary alicyclic amines) is 1. The zero-order valence-electron chi connectivity index (χ0n) is 14.9. The molecule has 0 radical (unpaired) electrons. The molecule has 26 heavy (non-hydrogen) atoms. The van der Waals surface area contributed by atoms with Crippen LogP contribution in [0.2, 0.25) is 0 Å². The molecule has 2 fully saturated rings. The number of piperidine rings is 1. The Morgan fingerprint density at radius 2 is 1.50 bits per heavy atom. The lowest BCUT2D eigenvalue weighted by atomic mass is 10.1. The van der Waals surface area contributed by atoms with Crippen molar-refractivity contribution < 1.29 is 4.79 Å². The molecule has 4 rings (SSSR count). The summed E-state index contributed by atoms with van der Waals surface area (Å²) >= 11 is 0. The minimum atomic E-state index is 0.0521. The van der Waals surface area contributed by atoms with Crippen molar-refractivity contribution in [3.8, 4) is 0 Å². The van der Waals surface area contributed by atoms with Gasteiger partial charge in [-0.05, 0) is 31.4 Å². The second kappa shape index (κ2) is 7.68. The van der Waals surface area contributed by atoms with Gasteiger partial charge in [-0.2, -0.15) is 0 Å². The molecule has 0 unspecified atom stereocenters. The topological polar surface area (TPSA) is 65.5 Å². The van der Waals surface area contributed by atoms with Crippen molar-refractivity contribution in [1.82, 2.24) is 19.9 Å². The van der Waals surface area contributed by atoms with E-state index in [0.717, 1.165) is 57.9 Å². The van der Waals surface area contributed by atoms with Crippen LogP contribution in [0.4, 0.5) is 11.8 Å². The van der Waals surface area contributed by atoms with Gasteiger partial charge in [0.15, 0.2) is 0 Å². The molecular formula is C19H24N6O. The number of carbonyl (C=O) groups is 1. The lowest BCUT2D eigenvalue weighted by molar-refractivity contribution is 0.0723. The number of nitrogens with zero attached hydrogens (tertiary/aromatic N) is 6. The summed E-state index contributed by atoms with van der Waals surface area (Å²) in [5.74, 6) is 1.76. The molecule has 4 heterocycles. The molecule has 7 heteroatoms. The standard InChI is InChI=1S/C19H24N6O/c26-18(24-8-4-1-5-9-24)16-14-21-19(22-15-16)25-12-10-23(11-13-25)17-6-2-3-7-20-17/h2-3,6-7,14-15H,1,4-5,8-13H2. The molecule has 2 aromatic heterocycles. The van der Waals surface area contributed by atoms with E-state index in [1.54, 1.807) is 12.4 Å². The summed E-state index contributed by atoms with van der Waals surface area (Å²) in [5, 5.41) is 0. The molecule has 136 valence electrons. The van der Waals surface area contributed by atoms with Gasteiger partial charge in [0, 0.05) is 57.9 Å². The third-order valence-corrected chi connectivity index (χ3v) is 5.06. The molecule has 2 aliphatic rings. The number of hydrogen-bond donors (Lipinski definition) is 0. The van der Waals surface area contributed by atoms with Gasteiger partial charge in [-0.3, -0.25) is 4.79 Å². The van der Waals surface area contributed by atoms with Gasteiger partial charge in [-0.15, -0.1) is 0 Å². The Morgan fingerprint density at radius 1 is 0.808 bits per heavy atom. The maximum atomic E-state index is 12.5. The van der Waals surface area contributed by atoms with E-state index < -0.39 is 0 Å². The number of pyridine rings is 1. The van der Waals surface area contributed by atoms with Gasteiger partial charge in [0.05, 0.1) is 5.56 Å². The van der Waals surface area contributed by atoms with E-state index in [0.29, 0.717) is 11.5 Å². The highest BCUT2D eigenvalue weighted by Crippen LogP contribution is 2.17. The summed E-state index contributed by atoms with van der Waals surface area (Å²) in [6.07, 6.45) is 8.55. The quantitative estimate of drug-likeness (QED) is 0.840. The Morgan fingerprint density at radius 3 is 2.15 bits per heavy atom. The molecule has 2 aromatic rings. The second-order valence-corrected chi connectivity index (χ2v) is 6.79. The smallest absolute Gasteiger partial charge is 0.256 e. The molecule has 2 aliphatic heterocycles. The maximum absolute atomic E-state index is 12.5. The van der Waals surface area contributed by atoms with Crippen LogP contribution in [0.1, 0.15) is 29.6 Å². The van der Waals surface area contributed by atoms with Gasteiger partial charge >= 0.3 is 0 Å². The highest BCUT2D eigenvalue weighted by Gasteiger charge is 2.22. The molecular weight excluding hydrogens is 328 g/mol. The number of anilines is 2. The molecule has 0 atom stereocenters. The zero-order valence-corrected chi connectivity index (χ0v) is 14.9. The van der Waals surface area contributed by atoms with Crippen LogP contribution in [0.15, 0.2) is 36.8 Å². The molecule has 0 aliphatic carbocycles. The van der Waals surface area contributed by atoms with E-state index in [2.05, 4.69) is 24.8 Å². The van der Waals surface area contributed by atoms with Crippen molar-refractivity contribution in [1.29, 1.82) is 0 Å². The Labute approximate surface area is 153 Å². The molecule has 0 saturated carbocycles. The monoisotopic (exact) mass is 352 g/mol. The van der Waals surface area contributed by atoms with E-state index in [4.69, 9.17) is 0 Å². The Balaban J connectivity index is 1.36. The van der Waals surface area contributed by atoms with Crippen LogP contribution < -0.4 is 9.80 Å². The van der Waals surface area contributed by atoms with Crippen molar-refractivity contribution in [2.75, 3.05) is 49.1 Å². The van der Waals surface area contributed by atoms with E-state index >= 15 is 0 Å². The first kappa shape index (κ1) is 16.8. The largest absolute Gasteiger partial charge is 0.353 e. The average Bonchev–Trinajstić information content (AvgIpc) is 2.75. The van der Waals surface area contributed by atoms with E-state index in [1.165, 1.54) is 6.42 Å². The third-order valence-electron chi connectivity index (χ3n) is 5.06. The molecule has 7 nitrogen and oxygen atoms in total. The fraction of sp³-hybridized carbons (Fsp3) is 0.474. The highest BCUT2D eigenvalue weighted by molar-refractivity contribution is 5.93. The lowest BCUT2D eigenvalue weighted by Crippen LogP contribution is -2.47. The predicted molar refractivity (Wildman–Crippen MR) is 100 cm³/mol. The minimum Gasteiger partial charge on any atom is -0.353 e. The summed E-state index contributed by atoms with van der Waals surface area (Å²) in [7, 11) is 0. The highest BCUT2D eigenvalue weighted by atomic mass is 16.2. The van der Waals surface area contributed by atoms with Crippen LogP contribution in [0.5, 0.6) is 0 Å². The zero-order chi connectivity index (χ0) is 17.8. The Hall–Kier alpha value is -2.70. The van der Waals surface area contributed by atoms with E-state index in [1.807, 2.05) is 29.3 Å². The first-order chi connectivity index (χ1) is 12.8. The van der Waals surface area contributed by atoms with Crippen LogP contribution in [0, 0.1) is 0 Å². The van der Waals surface area contributed by atoms with Gasteiger partial charge in [0.1, 0.15) is 5.82 Å². The van der Waals surface area contributed by atoms with Crippen molar-refractivity contribution in [3.63, 3.8) is 0 Å². The molecule has 0 N–H and O–H groups in total. The van der Waals surface area contributed by atoms with Crippen LogP contribution in [-0.2, 0) is 0 Å². The van der Waals surface area contributed by atoms with Crippen LogP contribution in [-0.4, -0.2) is 65.0 Å². The van der Waals surface area contributed by atoms with Gasteiger partial charge in [0.25, 0.3) is 5.91 Å². The molecule has 0 aromatic carbocycles.